The average molecular weight is 311 g/mol. The van der Waals surface area contributed by atoms with Crippen molar-refractivity contribution in [3.8, 4) is 11.3 Å². The minimum Gasteiger partial charge on any atom is -0.372 e. The van der Waals surface area contributed by atoms with Gasteiger partial charge in [0.2, 0.25) is 0 Å². The second-order valence-electron chi connectivity index (χ2n) is 4.79. The second kappa shape index (κ2) is 6.03. The molecule has 1 aromatic carbocycles. The van der Waals surface area contributed by atoms with Gasteiger partial charge < -0.3 is 4.74 Å². The van der Waals surface area contributed by atoms with Gasteiger partial charge in [0.15, 0.2) is 9.84 Å². The Morgan fingerprint density at radius 3 is 2.75 bits per heavy atom. The standard InChI is InChI=1S/C14H17NO3S2/c1-10(2)18-8-14-15-13(9-19-14)11-5-4-6-12(7-11)20(3,16)17/h4-7,9-10H,8H2,1-3H3. The van der Waals surface area contributed by atoms with Crippen LogP contribution in [0.2, 0.25) is 0 Å². The molecule has 0 aliphatic carbocycles. The number of thiazole rings is 1. The molecule has 1 aromatic heterocycles. The Hall–Kier alpha value is -1.24. The molecule has 0 amide bonds. The summed E-state index contributed by atoms with van der Waals surface area (Å²) in [5.41, 5.74) is 1.59. The number of aromatic nitrogens is 1. The first-order chi connectivity index (χ1) is 9.36. The molecule has 0 saturated carbocycles. The Bertz CT molecular complexity index is 690. The van der Waals surface area contributed by atoms with Gasteiger partial charge in [-0.05, 0) is 26.0 Å². The predicted molar refractivity (Wildman–Crippen MR) is 80.6 cm³/mol. The van der Waals surface area contributed by atoms with E-state index in [2.05, 4.69) is 4.98 Å². The smallest absolute Gasteiger partial charge is 0.175 e. The highest BCUT2D eigenvalue weighted by Crippen LogP contribution is 2.24. The van der Waals surface area contributed by atoms with Gasteiger partial charge in [0.1, 0.15) is 5.01 Å². The zero-order valence-electron chi connectivity index (χ0n) is 11.7. The van der Waals surface area contributed by atoms with Crippen LogP contribution in [0, 0.1) is 0 Å². The molecule has 0 unspecified atom stereocenters. The van der Waals surface area contributed by atoms with Crippen LogP contribution < -0.4 is 0 Å². The first kappa shape index (κ1) is 15.2. The fraction of sp³-hybridized carbons (Fsp3) is 0.357. The van der Waals surface area contributed by atoms with E-state index in [1.165, 1.54) is 17.6 Å². The Morgan fingerprint density at radius 2 is 2.10 bits per heavy atom. The van der Waals surface area contributed by atoms with Crippen LogP contribution in [0.25, 0.3) is 11.3 Å². The fourth-order valence-corrected chi connectivity index (χ4v) is 3.02. The van der Waals surface area contributed by atoms with E-state index in [9.17, 15) is 8.42 Å². The highest BCUT2D eigenvalue weighted by molar-refractivity contribution is 7.90. The van der Waals surface area contributed by atoms with E-state index < -0.39 is 9.84 Å². The molecule has 0 spiro atoms. The molecule has 0 saturated heterocycles. The third kappa shape index (κ3) is 3.88. The Morgan fingerprint density at radius 1 is 1.35 bits per heavy atom. The van der Waals surface area contributed by atoms with Crippen LogP contribution in [0.5, 0.6) is 0 Å². The molecule has 0 fully saturated rings. The zero-order valence-corrected chi connectivity index (χ0v) is 13.3. The largest absolute Gasteiger partial charge is 0.372 e. The highest BCUT2D eigenvalue weighted by atomic mass is 32.2. The number of ether oxygens (including phenoxy) is 1. The molecule has 2 aromatic rings. The Labute approximate surface area is 123 Å². The van der Waals surface area contributed by atoms with Crippen LogP contribution >= 0.6 is 11.3 Å². The lowest BCUT2D eigenvalue weighted by molar-refractivity contribution is 0.0656. The van der Waals surface area contributed by atoms with E-state index >= 15 is 0 Å². The quantitative estimate of drug-likeness (QED) is 0.851. The average Bonchev–Trinajstić information content (AvgIpc) is 2.84. The molecule has 6 heteroatoms. The fourth-order valence-electron chi connectivity index (χ4n) is 1.63. The third-order valence-electron chi connectivity index (χ3n) is 2.65. The van der Waals surface area contributed by atoms with Gasteiger partial charge in [0, 0.05) is 17.2 Å². The van der Waals surface area contributed by atoms with Gasteiger partial charge in [-0.3, -0.25) is 0 Å². The van der Waals surface area contributed by atoms with Crippen LogP contribution in [0.4, 0.5) is 0 Å². The van der Waals surface area contributed by atoms with Crippen LogP contribution in [-0.4, -0.2) is 25.8 Å². The van der Waals surface area contributed by atoms with Crippen molar-refractivity contribution in [2.24, 2.45) is 0 Å². The normalized spacial score (nSPS) is 12.0. The lowest BCUT2D eigenvalue weighted by Gasteiger charge is -2.04. The van der Waals surface area contributed by atoms with E-state index in [1.54, 1.807) is 18.2 Å². The summed E-state index contributed by atoms with van der Waals surface area (Å²) in [5.74, 6) is 0. The first-order valence-corrected chi connectivity index (χ1v) is 9.00. The van der Waals surface area contributed by atoms with E-state index in [4.69, 9.17) is 4.74 Å². The number of sulfone groups is 1. The molecular weight excluding hydrogens is 294 g/mol. The van der Waals surface area contributed by atoms with E-state index in [0.29, 0.717) is 11.5 Å². The second-order valence-corrected chi connectivity index (χ2v) is 7.74. The van der Waals surface area contributed by atoms with Gasteiger partial charge in [-0.25, -0.2) is 13.4 Å². The van der Waals surface area contributed by atoms with Gasteiger partial charge >= 0.3 is 0 Å². The molecule has 0 radical (unpaired) electrons. The lowest BCUT2D eigenvalue weighted by Crippen LogP contribution is -2.01. The number of hydrogen-bond acceptors (Lipinski definition) is 5. The molecular formula is C14H17NO3S2. The van der Waals surface area contributed by atoms with Gasteiger partial charge in [-0.15, -0.1) is 11.3 Å². The van der Waals surface area contributed by atoms with Crippen molar-refractivity contribution >= 4 is 21.2 Å². The molecule has 1 heterocycles. The topological polar surface area (TPSA) is 56.3 Å². The van der Waals surface area contributed by atoms with Crippen molar-refractivity contribution < 1.29 is 13.2 Å². The summed E-state index contributed by atoms with van der Waals surface area (Å²) in [5, 5.41) is 2.80. The first-order valence-electron chi connectivity index (χ1n) is 6.23. The van der Waals surface area contributed by atoms with Crippen molar-refractivity contribution in [2.45, 2.75) is 31.5 Å². The number of nitrogens with zero attached hydrogens (tertiary/aromatic N) is 1. The van der Waals surface area contributed by atoms with Gasteiger partial charge in [0.05, 0.1) is 23.3 Å². The van der Waals surface area contributed by atoms with Gasteiger partial charge in [-0.2, -0.15) is 0 Å². The maximum absolute atomic E-state index is 11.6. The van der Waals surface area contributed by atoms with Crippen LogP contribution in [0.3, 0.4) is 0 Å². The molecule has 0 aliphatic heterocycles. The summed E-state index contributed by atoms with van der Waals surface area (Å²) >= 11 is 1.51. The van der Waals surface area contributed by atoms with Crippen molar-refractivity contribution in [2.75, 3.05) is 6.26 Å². The molecule has 20 heavy (non-hydrogen) atoms. The van der Waals surface area contributed by atoms with Crippen molar-refractivity contribution in [1.82, 2.24) is 4.98 Å². The Kier molecular flexibility index (Phi) is 4.57. The molecule has 0 N–H and O–H groups in total. The highest BCUT2D eigenvalue weighted by Gasteiger charge is 2.10. The molecule has 4 nitrogen and oxygen atoms in total. The predicted octanol–water partition coefficient (Wildman–Crippen LogP) is 3.14. The maximum atomic E-state index is 11.6. The lowest BCUT2D eigenvalue weighted by atomic mass is 10.2. The minimum absolute atomic E-state index is 0.163. The van der Waals surface area contributed by atoms with Crippen LogP contribution in [-0.2, 0) is 21.2 Å². The molecule has 0 bridgehead atoms. The molecule has 0 atom stereocenters. The van der Waals surface area contributed by atoms with Crippen LogP contribution in [0.1, 0.15) is 18.9 Å². The number of benzene rings is 1. The summed E-state index contributed by atoms with van der Waals surface area (Å²) in [4.78, 5) is 4.78. The van der Waals surface area contributed by atoms with E-state index in [0.717, 1.165) is 16.3 Å². The van der Waals surface area contributed by atoms with Crippen LogP contribution in [0.15, 0.2) is 34.5 Å². The maximum Gasteiger partial charge on any atom is 0.175 e. The van der Waals surface area contributed by atoms with Gasteiger partial charge in [0.25, 0.3) is 0 Å². The summed E-state index contributed by atoms with van der Waals surface area (Å²) in [7, 11) is -3.20. The SMILES string of the molecule is CC(C)OCc1nc(-c2cccc(S(C)(=O)=O)c2)cs1. The zero-order chi connectivity index (χ0) is 14.8. The minimum atomic E-state index is -3.20. The summed E-state index contributed by atoms with van der Waals surface area (Å²) < 4.78 is 28.6. The summed E-state index contributed by atoms with van der Waals surface area (Å²) in [6, 6.07) is 6.83. The summed E-state index contributed by atoms with van der Waals surface area (Å²) in [6.45, 7) is 4.43. The van der Waals surface area contributed by atoms with Crippen molar-refractivity contribution in [1.29, 1.82) is 0 Å². The number of hydrogen-bond donors (Lipinski definition) is 0. The molecule has 0 aliphatic rings. The van der Waals surface area contributed by atoms with Crippen molar-refractivity contribution in [3.05, 3.63) is 34.7 Å². The molecule has 2 rings (SSSR count). The number of rotatable bonds is 5. The van der Waals surface area contributed by atoms with E-state index in [1.807, 2.05) is 25.3 Å². The molecule has 108 valence electrons. The van der Waals surface area contributed by atoms with Crippen molar-refractivity contribution in [3.63, 3.8) is 0 Å². The Balaban J connectivity index is 2.24. The third-order valence-corrected chi connectivity index (χ3v) is 4.58. The summed E-state index contributed by atoms with van der Waals surface area (Å²) in [6.07, 6.45) is 1.37. The van der Waals surface area contributed by atoms with Gasteiger partial charge in [-0.1, -0.05) is 12.1 Å². The monoisotopic (exact) mass is 311 g/mol. The van der Waals surface area contributed by atoms with E-state index in [-0.39, 0.29) is 6.10 Å².